The largest absolute Gasteiger partial charge is 0.370 e. The van der Waals surface area contributed by atoms with Gasteiger partial charge in [-0.2, -0.15) is 0 Å². The zero-order chi connectivity index (χ0) is 16.2. The Morgan fingerprint density at radius 2 is 1.96 bits per heavy atom. The monoisotopic (exact) mass is 373 g/mol. The number of aryl methyl sites for hydroxylation is 1. The number of benzene rings is 1. The van der Waals surface area contributed by atoms with E-state index < -0.39 is 0 Å². The van der Waals surface area contributed by atoms with Gasteiger partial charge in [0.05, 0.1) is 17.4 Å². The second kappa shape index (κ2) is 7.13. The van der Waals surface area contributed by atoms with Crippen molar-refractivity contribution in [2.24, 2.45) is 0 Å². The Morgan fingerprint density at radius 1 is 1.17 bits per heavy atom. The topological polar surface area (TPSA) is 45.2 Å². The van der Waals surface area contributed by atoms with Gasteiger partial charge in [0, 0.05) is 29.4 Å². The van der Waals surface area contributed by atoms with Crippen LogP contribution in [0.4, 0.5) is 11.4 Å². The summed E-state index contributed by atoms with van der Waals surface area (Å²) >= 11 is 3.49. The smallest absolute Gasteiger partial charge is 0.257 e. The average molecular weight is 374 g/mol. The van der Waals surface area contributed by atoms with Crippen LogP contribution in [-0.4, -0.2) is 24.0 Å². The molecule has 0 unspecified atom stereocenters. The number of aromatic nitrogens is 1. The van der Waals surface area contributed by atoms with Crippen molar-refractivity contribution in [3.05, 3.63) is 52.3 Å². The molecule has 1 saturated heterocycles. The van der Waals surface area contributed by atoms with Crippen molar-refractivity contribution in [1.82, 2.24) is 4.98 Å². The van der Waals surface area contributed by atoms with Crippen LogP contribution in [0.15, 0.2) is 41.1 Å². The molecule has 3 rings (SSSR count). The third kappa shape index (κ3) is 3.91. The molecular formula is C18H20BrN3O. The summed E-state index contributed by atoms with van der Waals surface area (Å²) in [6.07, 6.45) is 7.14. The number of pyridine rings is 1. The molecule has 0 saturated carbocycles. The van der Waals surface area contributed by atoms with Crippen LogP contribution in [0.2, 0.25) is 0 Å². The molecule has 1 N–H and O–H groups in total. The Bertz CT molecular complexity index is 711. The van der Waals surface area contributed by atoms with Crippen LogP contribution in [-0.2, 0) is 0 Å². The van der Waals surface area contributed by atoms with Gasteiger partial charge in [-0.1, -0.05) is 22.0 Å². The van der Waals surface area contributed by atoms with Gasteiger partial charge in [0.2, 0.25) is 0 Å². The molecule has 1 aliphatic heterocycles. The molecule has 1 aromatic heterocycles. The lowest BCUT2D eigenvalue weighted by Gasteiger charge is -2.28. The fourth-order valence-electron chi connectivity index (χ4n) is 2.75. The first-order chi connectivity index (χ1) is 11.1. The van der Waals surface area contributed by atoms with Crippen LogP contribution >= 0.6 is 15.9 Å². The number of anilines is 2. The highest BCUT2D eigenvalue weighted by Crippen LogP contribution is 2.22. The Kier molecular flexibility index (Phi) is 4.96. The van der Waals surface area contributed by atoms with E-state index in [1.807, 2.05) is 37.4 Å². The molecule has 1 fully saturated rings. The van der Waals surface area contributed by atoms with Crippen molar-refractivity contribution in [2.45, 2.75) is 26.2 Å². The fourth-order valence-corrected chi connectivity index (χ4v) is 3.13. The number of hydrogen-bond donors (Lipinski definition) is 1. The molecule has 1 aliphatic rings. The molecule has 2 aromatic rings. The molecule has 4 nitrogen and oxygen atoms in total. The van der Waals surface area contributed by atoms with E-state index in [0.29, 0.717) is 5.56 Å². The third-order valence-electron chi connectivity index (χ3n) is 4.14. The number of carbonyl (C=O) groups is 1. The summed E-state index contributed by atoms with van der Waals surface area (Å²) in [5.41, 5.74) is 3.53. The van der Waals surface area contributed by atoms with Gasteiger partial charge in [-0.25, -0.2) is 0 Å². The lowest BCUT2D eigenvalue weighted by molar-refractivity contribution is 0.102. The number of halogens is 1. The summed E-state index contributed by atoms with van der Waals surface area (Å²) in [7, 11) is 0. The van der Waals surface area contributed by atoms with Crippen molar-refractivity contribution < 1.29 is 4.79 Å². The van der Waals surface area contributed by atoms with Crippen LogP contribution in [0, 0.1) is 6.92 Å². The summed E-state index contributed by atoms with van der Waals surface area (Å²) in [4.78, 5) is 19.0. The third-order valence-corrected chi connectivity index (χ3v) is 4.99. The van der Waals surface area contributed by atoms with Gasteiger partial charge in [0.25, 0.3) is 5.91 Å². The summed E-state index contributed by atoms with van der Waals surface area (Å²) in [6.45, 7) is 4.09. The Hall–Kier alpha value is -1.88. The molecule has 5 heteroatoms. The SMILES string of the molecule is Cc1ccc(NC(=O)c2cncc(N3CCCCC3)c2)cc1Br. The zero-order valence-corrected chi connectivity index (χ0v) is 14.8. The van der Waals surface area contributed by atoms with Gasteiger partial charge in [-0.15, -0.1) is 0 Å². The highest BCUT2D eigenvalue weighted by atomic mass is 79.9. The van der Waals surface area contributed by atoms with Gasteiger partial charge >= 0.3 is 0 Å². The van der Waals surface area contributed by atoms with E-state index in [9.17, 15) is 4.79 Å². The van der Waals surface area contributed by atoms with Crippen LogP contribution in [0.5, 0.6) is 0 Å². The lowest BCUT2D eigenvalue weighted by Crippen LogP contribution is -2.29. The van der Waals surface area contributed by atoms with Crippen LogP contribution in [0.1, 0.15) is 35.2 Å². The number of piperidine rings is 1. The second-order valence-corrected chi connectivity index (χ2v) is 6.75. The number of nitrogens with zero attached hydrogens (tertiary/aromatic N) is 2. The second-order valence-electron chi connectivity index (χ2n) is 5.90. The minimum Gasteiger partial charge on any atom is -0.370 e. The molecule has 0 aliphatic carbocycles. The minimum atomic E-state index is -0.132. The van der Waals surface area contributed by atoms with Gasteiger partial charge in [-0.3, -0.25) is 9.78 Å². The van der Waals surface area contributed by atoms with Gasteiger partial charge in [0.15, 0.2) is 0 Å². The normalized spacial score (nSPS) is 14.6. The maximum atomic E-state index is 12.5. The summed E-state index contributed by atoms with van der Waals surface area (Å²) < 4.78 is 0.982. The molecule has 1 amide bonds. The number of rotatable bonds is 3. The molecule has 0 radical (unpaired) electrons. The lowest BCUT2D eigenvalue weighted by atomic mass is 10.1. The van der Waals surface area contributed by atoms with Crippen LogP contribution in [0.25, 0.3) is 0 Å². The van der Waals surface area contributed by atoms with Crippen molar-refractivity contribution in [2.75, 3.05) is 23.3 Å². The van der Waals surface area contributed by atoms with E-state index in [1.165, 1.54) is 19.3 Å². The zero-order valence-electron chi connectivity index (χ0n) is 13.2. The molecule has 0 atom stereocenters. The first-order valence-corrected chi connectivity index (χ1v) is 8.70. The standard InChI is InChI=1S/C18H20BrN3O/c1-13-5-6-15(10-17(13)19)21-18(23)14-9-16(12-20-11-14)22-7-3-2-4-8-22/h5-6,9-12H,2-4,7-8H2,1H3,(H,21,23). The minimum absolute atomic E-state index is 0.132. The van der Waals surface area contributed by atoms with Crippen molar-refractivity contribution >= 4 is 33.2 Å². The van der Waals surface area contributed by atoms with E-state index >= 15 is 0 Å². The molecule has 2 heterocycles. The van der Waals surface area contributed by atoms with E-state index in [4.69, 9.17) is 0 Å². The Balaban J connectivity index is 1.75. The summed E-state index contributed by atoms with van der Waals surface area (Å²) in [5, 5.41) is 2.93. The first-order valence-electron chi connectivity index (χ1n) is 7.91. The number of amides is 1. The molecule has 120 valence electrons. The van der Waals surface area contributed by atoms with Crippen molar-refractivity contribution in [1.29, 1.82) is 0 Å². The molecule has 0 spiro atoms. The first kappa shape index (κ1) is 16.0. The predicted octanol–water partition coefficient (Wildman–Crippen LogP) is 4.40. The molecule has 1 aromatic carbocycles. The van der Waals surface area contributed by atoms with E-state index in [1.54, 1.807) is 6.20 Å². The summed E-state index contributed by atoms with van der Waals surface area (Å²) in [5.74, 6) is -0.132. The predicted molar refractivity (Wildman–Crippen MR) is 97.1 cm³/mol. The fraction of sp³-hybridized carbons (Fsp3) is 0.333. The van der Waals surface area contributed by atoms with Crippen LogP contribution < -0.4 is 10.2 Å². The van der Waals surface area contributed by atoms with Crippen molar-refractivity contribution in [3.63, 3.8) is 0 Å². The maximum absolute atomic E-state index is 12.5. The molecular weight excluding hydrogens is 354 g/mol. The number of hydrogen-bond acceptors (Lipinski definition) is 3. The quantitative estimate of drug-likeness (QED) is 0.867. The highest BCUT2D eigenvalue weighted by Gasteiger charge is 2.14. The number of carbonyl (C=O) groups excluding carboxylic acids is 1. The molecule has 23 heavy (non-hydrogen) atoms. The van der Waals surface area contributed by atoms with E-state index in [2.05, 4.69) is 31.1 Å². The van der Waals surface area contributed by atoms with Gasteiger partial charge < -0.3 is 10.2 Å². The Labute approximate surface area is 145 Å². The number of nitrogens with one attached hydrogen (secondary N) is 1. The highest BCUT2D eigenvalue weighted by molar-refractivity contribution is 9.10. The average Bonchev–Trinajstić information content (AvgIpc) is 2.59. The van der Waals surface area contributed by atoms with E-state index in [0.717, 1.165) is 34.5 Å². The Morgan fingerprint density at radius 3 is 2.70 bits per heavy atom. The van der Waals surface area contributed by atoms with Crippen LogP contribution in [0.3, 0.4) is 0 Å². The van der Waals surface area contributed by atoms with Crippen molar-refractivity contribution in [3.8, 4) is 0 Å². The maximum Gasteiger partial charge on any atom is 0.257 e. The summed E-state index contributed by atoms with van der Waals surface area (Å²) in [6, 6.07) is 7.72. The van der Waals surface area contributed by atoms with Gasteiger partial charge in [0.1, 0.15) is 0 Å². The van der Waals surface area contributed by atoms with E-state index in [-0.39, 0.29) is 5.91 Å². The van der Waals surface area contributed by atoms with Gasteiger partial charge in [-0.05, 0) is 49.9 Å². The molecule has 0 bridgehead atoms.